The first-order valence-electron chi connectivity index (χ1n) is 9.60. The molecule has 0 spiro atoms. The first-order valence-corrected chi connectivity index (χ1v) is 10.8. The molecule has 1 N–H and O–H groups in total. The van der Waals surface area contributed by atoms with Crippen LogP contribution in [-0.4, -0.2) is 35.4 Å². The van der Waals surface area contributed by atoms with E-state index < -0.39 is 0 Å². The van der Waals surface area contributed by atoms with Crippen molar-refractivity contribution in [2.75, 3.05) is 29.9 Å². The molecule has 0 radical (unpaired) electrons. The second kappa shape index (κ2) is 8.28. The molecule has 1 aliphatic heterocycles. The summed E-state index contributed by atoms with van der Waals surface area (Å²) in [6.07, 6.45) is 4.74. The van der Waals surface area contributed by atoms with Gasteiger partial charge in [0.1, 0.15) is 0 Å². The number of thioether (sulfide) groups is 1. The number of anilines is 1. The quantitative estimate of drug-likeness (QED) is 0.872. The lowest BCUT2D eigenvalue weighted by molar-refractivity contribution is 0.102. The molecule has 1 heterocycles. The minimum absolute atomic E-state index is 0.00936. The van der Waals surface area contributed by atoms with Crippen LogP contribution in [0.4, 0.5) is 5.69 Å². The van der Waals surface area contributed by atoms with Gasteiger partial charge in [0.2, 0.25) is 0 Å². The van der Waals surface area contributed by atoms with Gasteiger partial charge in [0, 0.05) is 42.4 Å². The van der Waals surface area contributed by atoms with Crippen LogP contribution in [-0.2, 0) is 19.4 Å². The van der Waals surface area contributed by atoms with Crippen molar-refractivity contribution in [1.82, 2.24) is 4.90 Å². The van der Waals surface area contributed by atoms with E-state index in [0.717, 1.165) is 43.7 Å². The monoisotopic (exact) mass is 366 g/mol. The van der Waals surface area contributed by atoms with Crippen molar-refractivity contribution in [3.63, 3.8) is 0 Å². The molecule has 26 heavy (non-hydrogen) atoms. The summed E-state index contributed by atoms with van der Waals surface area (Å²) in [5, 5.41) is 3.08. The molecule has 4 rings (SSSR count). The maximum Gasteiger partial charge on any atom is 0.255 e. The van der Waals surface area contributed by atoms with Crippen LogP contribution < -0.4 is 5.32 Å². The van der Waals surface area contributed by atoms with Gasteiger partial charge in [0.05, 0.1) is 0 Å². The van der Waals surface area contributed by atoms with E-state index in [4.69, 9.17) is 0 Å². The lowest BCUT2D eigenvalue weighted by atomic mass is 9.90. The van der Waals surface area contributed by atoms with Gasteiger partial charge in [-0.3, -0.25) is 9.69 Å². The summed E-state index contributed by atoms with van der Waals surface area (Å²) in [6.45, 7) is 3.26. The molecular formula is C22H26N2OS. The third kappa shape index (κ3) is 4.30. The van der Waals surface area contributed by atoms with E-state index in [2.05, 4.69) is 34.5 Å². The van der Waals surface area contributed by atoms with Gasteiger partial charge in [0.15, 0.2) is 0 Å². The highest BCUT2D eigenvalue weighted by molar-refractivity contribution is 7.99. The summed E-state index contributed by atoms with van der Waals surface area (Å²) in [5.41, 5.74) is 5.68. The summed E-state index contributed by atoms with van der Waals surface area (Å²) < 4.78 is 0. The van der Waals surface area contributed by atoms with Crippen molar-refractivity contribution in [2.24, 2.45) is 0 Å². The second-order valence-corrected chi connectivity index (χ2v) is 8.46. The average molecular weight is 367 g/mol. The van der Waals surface area contributed by atoms with Crippen LogP contribution in [0.5, 0.6) is 0 Å². The van der Waals surface area contributed by atoms with Crippen LogP contribution in [0.2, 0.25) is 0 Å². The Morgan fingerprint density at radius 1 is 1.00 bits per heavy atom. The van der Waals surface area contributed by atoms with Gasteiger partial charge in [0.25, 0.3) is 5.91 Å². The Hall–Kier alpha value is -1.78. The van der Waals surface area contributed by atoms with Crippen LogP contribution >= 0.6 is 11.8 Å². The number of amides is 1. The Kier molecular flexibility index (Phi) is 5.61. The van der Waals surface area contributed by atoms with E-state index >= 15 is 0 Å². The van der Waals surface area contributed by atoms with E-state index in [1.165, 1.54) is 41.0 Å². The molecule has 0 bridgehead atoms. The standard InChI is InChI=1S/C22H26N2OS/c25-22(20-9-8-18-5-1-2-6-19(18)15-20)23-21-7-3-4-17(14-21)16-24-10-12-26-13-11-24/h3-4,7-9,14-15H,1-2,5-6,10-13,16H2,(H,23,25). The number of hydrogen-bond donors (Lipinski definition) is 1. The van der Waals surface area contributed by atoms with E-state index in [1.54, 1.807) is 0 Å². The molecule has 136 valence electrons. The fourth-order valence-corrected chi connectivity index (χ4v) is 4.82. The normalized spacial score (nSPS) is 17.5. The molecule has 0 atom stereocenters. The molecule has 1 aliphatic carbocycles. The summed E-state index contributed by atoms with van der Waals surface area (Å²) in [5.74, 6) is 2.42. The molecule has 2 aromatic carbocycles. The number of aryl methyl sites for hydroxylation is 2. The molecule has 1 amide bonds. The topological polar surface area (TPSA) is 32.3 Å². The van der Waals surface area contributed by atoms with E-state index in [9.17, 15) is 4.79 Å². The predicted octanol–water partition coefficient (Wildman–Crippen LogP) is 4.37. The summed E-state index contributed by atoms with van der Waals surface area (Å²) in [4.78, 5) is 15.2. The zero-order valence-corrected chi connectivity index (χ0v) is 16.0. The maximum absolute atomic E-state index is 12.7. The number of benzene rings is 2. The van der Waals surface area contributed by atoms with Gasteiger partial charge < -0.3 is 5.32 Å². The molecule has 0 aromatic heterocycles. The zero-order valence-electron chi connectivity index (χ0n) is 15.2. The number of carbonyl (C=O) groups is 1. The SMILES string of the molecule is O=C(Nc1cccc(CN2CCSCC2)c1)c1ccc2c(c1)CCCC2. The number of carbonyl (C=O) groups excluding carboxylic acids is 1. The van der Waals surface area contributed by atoms with E-state index in [0.29, 0.717) is 0 Å². The fraction of sp³-hybridized carbons (Fsp3) is 0.409. The molecule has 1 fully saturated rings. The van der Waals surface area contributed by atoms with Gasteiger partial charge in [-0.15, -0.1) is 0 Å². The highest BCUT2D eigenvalue weighted by atomic mass is 32.2. The molecular weight excluding hydrogens is 340 g/mol. The fourth-order valence-electron chi connectivity index (χ4n) is 3.84. The minimum Gasteiger partial charge on any atom is -0.322 e. The van der Waals surface area contributed by atoms with Gasteiger partial charge in [-0.1, -0.05) is 18.2 Å². The largest absolute Gasteiger partial charge is 0.322 e. The first-order chi connectivity index (χ1) is 12.8. The third-order valence-corrected chi connectivity index (χ3v) is 6.25. The highest BCUT2D eigenvalue weighted by Crippen LogP contribution is 2.23. The Labute approximate surface area is 160 Å². The predicted molar refractivity (Wildman–Crippen MR) is 110 cm³/mol. The van der Waals surface area contributed by atoms with Crippen LogP contribution in [0.25, 0.3) is 0 Å². The maximum atomic E-state index is 12.7. The van der Waals surface area contributed by atoms with Gasteiger partial charge >= 0.3 is 0 Å². The van der Waals surface area contributed by atoms with E-state index in [-0.39, 0.29) is 5.91 Å². The van der Waals surface area contributed by atoms with Crippen molar-refractivity contribution >= 4 is 23.4 Å². The lowest BCUT2D eigenvalue weighted by Crippen LogP contribution is -2.31. The Bertz CT molecular complexity index is 783. The van der Waals surface area contributed by atoms with Crippen LogP contribution in [0.3, 0.4) is 0 Å². The first kappa shape index (κ1) is 17.6. The van der Waals surface area contributed by atoms with Crippen molar-refractivity contribution in [2.45, 2.75) is 32.2 Å². The number of hydrogen-bond acceptors (Lipinski definition) is 3. The number of fused-ring (bicyclic) bond motifs is 1. The lowest BCUT2D eigenvalue weighted by Gasteiger charge is -2.26. The highest BCUT2D eigenvalue weighted by Gasteiger charge is 2.14. The minimum atomic E-state index is -0.00936. The number of rotatable bonds is 4. The van der Waals surface area contributed by atoms with Crippen molar-refractivity contribution in [1.29, 1.82) is 0 Å². The summed E-state index contributed by atoms with van der Waals surface area (Å²) in [6, 6.07) is 14.5. The molecule has 4 heteroatoms. The van der Waals surface area contributed by atoms with Crippen molar-refractivity contribution in [3.05, 3.63) is 64.7 Å². The van der Waals surface area contributed by atoms with Crippen molar-refractivity contribution < 1.29 is 4.79 Å². The van der Waals surface area contributed by atoms with Crippen molar-refractivity contribution in [3.8, 4) is 0 Å². The number of nitrogens with zero attached hydrogens (tertiary/aromatic N) is 1. The molecule has 1 saturated heterocycles. The Morgan fingerprint density at radius 3 is 2.65 bits per heavy atom. The zero-order chi connectivity index (χ0) is 17.8. The smallest absolute Gasteiger partial charge is 0.255 e. The van der Waals surface area contributed by atoms with Crippen LogP contribution in [0.15, 0.2) is 42.5 Å². The molecule has 0 unspecified atom stereocenters. The van der Waals surface area contributed by atoms with E-state index in [1.807, 2.05) is 30.0 Å². The summed E-state index contributed by atoms with van der Waals surface area (Å²) >= 11 is 2.03. The van der Waals surface area contributed by atoms with Gasteiger partial charge in [-0.2, -0.15) is 11.8 Å². The second-order valence-electron chi connectivity index (χ2n) is 7.23. The average Bonchev–Trinajstić information content (AvgIpc) is 2.68. The molecule has 0 saturated carbocycles. The molecule has 2 aromatic rings. The third-order valence-electron chi connectivity index (χ3n) is 5.31. The Morgan fingerprint density at radius 2 is 1.81 bits per heavy atom. The van der Waals surface area contributed by atoms with Crippen LogP contribution in [0, 0.1) is 0 Å². The number of nitrogens with one attached hydrogen (secondary N) is 1. The summed E-state index contributed by atoms with van der Waals surface area (Å²) in [7, 11) is 0. The molecule has 2 aliphatic rings. The van der Waals surface area contributed by atoms with Gasteiger partial charge in [-0.25, -0.2) is 0 Å². The van der Waals surface area contributed by atoms with Crippen LogP contribution in [0.1, 0.15) is 39.9 Å². The van der Waals surface area contributed by atoms with Gasteiger partial charge in [-0.05, 0) is 66.6 Å². The molecule has 3 nitrogen and oxygen atoms in total. The Balaban J connectivity index is 1.43.